The number of carbonyl (C=O) groups is 1. The van der Waals surface area contributed by atoms with Gasteiger partial charge in [0.1, 0.15) is 0 Å². The van der Waals surface area contributed by atoms with Crippen LogP contribution in [0.25, 0.3) is 6.08 Å². The first-order valence-corrected chi connectivity index (χ1v) is 8.26. The lowest BCUT2D eigenvalue weighted by Gasteiger charge is -2.27. The van der Waals surface area contributed by atoms with Crippen molar-refractivity contribution in [2.75, 3.05) is 0 Å². The molecule has 0 spiro atoms. The Labute approximate surface area is 125 Å². The molecule has 0 aliphatic heterocycles. The molecule has 0 saturated heterocycles. The van der Waals surface area contributed by atoms with Gasteiger partial charge in [0.15, 0.2) is 0 Å². The summed E-state index contributed by atoms with van der Waals surface area (Å²) in [5, 5.41) is 8.60. The van der Waals surface area contributed by atoms with E-state index in [1.54, 1.807) is 12.1 Å². The van der Waals surface area contributed by atoms with E-state index >= 15 is 0 Å². The number of nitrogens with one attached hydrogen (secondary N) is 1. The highest BCUT2D eigenvalue weighted by Crippen LogP contribution is 2.20. The molecule has 0 atom stereocenters. The van der Waals surface area contributed by atoms with Gasteiger partial charge >= 0.3 is 5.97 Å². The minimum Gasteiger partial charge on any atom is -0.478 e. The van der Waals surface area contributed by atoms with Crippen LogP contribution in [-0.4, -0.2) is 25.0 Å². The van der Waals surface area contributed by atoms with E-state index in [0.717, 1.165) is 6.08 Å². The lowest BCUT2D eigenvalue weighted by molar-refractivity contribution is -0.131. The molecule has 0 radical (unpaired) electrons. The standard InChI is InChI=1S/C15H21NO4S/c1-4-15(3,5-2)16-21(19,20)13-8-6-7-12(11-13)9-10-14(17)18/h6-11,16H,4-5H2,1-3H3,(H,17,18)/b10-9+. The Bertz CT molecular complexity index is 631. The maximum absolute atomic E-state index is 12.4. The second-order valence-corrected chi connectivity index (χ2v) is 6.80. The van der Waals surface area contributed by atoms with Gasteiger partial charge in [-0.3, -0.25) is 0 Å². The van der Waals surface area contributed by atoms with E-state index in [4.69, 9.17) is 5.11 Å². The SMILES string of the molecule is CCC(C)(CC)NS(=O)(=O)c1cccc(/C=C/C(=O)O)c1. The second kappa shape index (κ2) is 6.87. The number of hydrogen-bond acceptors (Lipinski definition) is 3. The van der Waals surface area contributed by atoms with Crippen LogP contribution in [0.1, 0.15) is 39.2 Å². The van der Waals surface area contributed by atoms with E-state index in [1.807, 2.05) is 20.8 Å². The number of carboxylic acids is 1. The highest BCUT2D eigenvalue weighted by molar-refractivity contribution is 7.89. The first-order valence-electron chi connectivity index (χ1n) is 6.77. The van der Waals surface area contributed by atoms with Crippen molar-refractivity contribution in [3.63, 3.8) is 0 Å². The van der Waals surface area contributed by atoms with E-state index in [0.29, 0.717) is 18.4 Å². The zero-order valence-corrected chi connectivity index (χ0v) is 13.3. The molecule has 0 aliphatic rings. The molecule has 0 saturated carbocycles. The fourth-order valence-corrected chi connectivity index (χ4v) is 3.33. The smallest absolute Gasteiger partial charge is 0.328 e. The second-order valence-electron chi connectivity index (χ2n) is 5.12. The van der Waals surface area contributed by atoms with Gasteiger partial charge in [-0.05, 0) is 43.5 Å². The van der Waals surface area contributed by atoms with E-state index < -0.39 is 21.5 Å². The van der Waals surface area contributed by atoms with Crippen molar-refractivity contribution in [2.24, 2.45) is 0 Å². The molecule has 0 aromatic heterocycles. The van der Waals surface area contributed by atoms with E-state index in [2.05, 4.69) is 4.72 Å². The molecule has 0 amide bonds. The quantitative estimate of drug-likeness (QED) is 0.758. The van der Waals surface area contributed by atoms with Crippen molar-refractivity contribution in [3.05, 3.63) is 35.9 Å². The van der Waals surface area contributed by atoms with Crippen molar-refractivity contribution in [2.45, 2.75) is 44.0 Å². The normalized spacial score (nSPS) is 12.7. The highest BCUT2D eigenvalue weighted by atomic mass is 32.2. The van der Waals surface area contributed by atoms with Crippen LogP contribution < -0.4 is 4.72 Å². The lowest BCUT2D eigenvalue weighted by atomic mass is 9.98. The Balaban J connectivity index is 3.09. The Morgan fingerprint density at radius 1 is 1.33 bits per heavy atom. The van der Waals surface area contributed by atoms with E-state index in [-0.39, 0.29) is 4.90 Å². The average Bonchev–Trinajstić information content (AvgIpc) is 2.45. The largest absolute Gasteiger partial charge is 0.478 e. The molecule has 0 bridgehead atoms. The van der Waals surface area contributed by atoms with Crippen LogP contribution in [0, 0.1) is 0 Å². The van der Waals surface area contributed by atoms with Crippen LogP contribution in [0.3, 0.4) is 0 Å². The lowest BCUT2D eigenvalue weighted by Crippen LogP contribution is -2.44. The first kappa shape index (κ1) is 17.4. The minimum atomic E-state index is -3.63. The number of rotatable bonds is 7. The summed E-state index contributed by atoms with van der Waals surface area (Å²) in [6.45, 7) is 5.72. The summed E-state index contributed by atoms with van der Waals surface area (Å²) in [5.41, 5.74) is 0.0288. The van der Waals surface area contributed by atoms with Crippen LogP contribution in [0.2, 0.25) is 0 Å². The molecule has 0 unspecified atom stereocenters. The Morgan fingerprint density at radius 3 is 2.48 bits per heavy atom. The topological polar surface area (TPSA) is 83.5 Å². The molecule has 0 fully saturated rings. The predicted octanol–water partition coefficient (Wildman–Crippen LogP) is 2.64. The molecule has 0 aliphatic carbocycles. The van der Waals surface area contributed by atoms with Gasteiger partial charge in [0.25, 0.3) is 0 Å². The molecule has 6 heteroatoms. The molecule has 1 aromatic rings. The van der Waals surface area contributed by atoms with E-state index in [1.165, 1.54) is 18.2 Å². The van der Waals surface area contributed by atoms with Gasteiger partial charge < -0.3 is 5.11 Å². The number of benzene rings is 1. The molecule has 21 heavy (non-hydrogen) atoms. The number of hydrogen-bond donors (Lipinski definition) is 2. The zero-order valence-electron chi connectivity index (χ0n) is 12.5. The van der Waals surface area contributed by atoms with Crippen molar-refractivity contribution in [3.8, 4) is 0 Å². The number of aliphatic carboxylic acids is 1. The summed E-state index contributed by atoms with van der Waals surface area (Å²) in [5.74, 6) is -1.08. The molecule has 116 valence electrons. The Hall–Kier alpha value is -1.66. The monoisotopic (exact) mass is 311 g/mol. The van der Waals surface area contributed by atoms with Gasteiger partial charge in [-0.2, -0.15) is 0 Å². The Kier molecular flexibility index (Phi) is 5.69. The molecule has 2 N–H and O–H groups in total. The van der Waals surface area contributed by atoms with Gasteiger partial charge in [0, 0.05) is 11.6 Å². The number of carboxylic acid groups (broad SMARTS) is 1. The molecular formula is C15H21NO4S. The highest BCUT2D eigenvalue weighted by Gasteiger charge is 2.27. The summed E-state index contributed by atoms with van der Waals surface area (Å²) >= 11 is 0. The predicted molar refractivity (Wildman–Crippen MR) is 82.4 cm³/mol. The summed E-state index contributed by atoms with van der Waals surface area (Å²) in [7, 11) is -3.63. The minimum absolute atomic E-state index is 0.128. The summed E-state index contributed by atoms with van der Waals surface area (Å²) in [6.07, 6.45) is 3.70. The molecular weight excluding hydrogens is 290 g/mol. The van der Waals surface area contributed by atoms with Crippen LogP contribution in [0.4, 0.5) is 0 Å². The molecule has 1 aromatic carbocycles. The Morgan fingerprint density at radius 2 is 1.95 bits per heavy atom. The third-order valence-electron chi connectivity index (χ3n) is 3.53. The average molecular weight is 311 g/mol. The van der Waals surface area contributed by atoms with Crippen LogP contribution in [0.5, 0.6) is 0 Å². The van der Waals surface area contributed by atoms with Gasteiger partial charge in [0.2, 0.25) is 10.0 Å². The van der Waals surface area contributed by atoms with E-state index in [9.17, 15) is 13.2 Å². The van der Waals surface area contributed by atoms with Crippen molar-refractivity contribution in [1.29, 1.82) is 0 Å². The maximum atomic E-state index is 12.4. The third kappa shape index (κ3) is 4.99. The van der Waals surface area contributed by atoms with Gasteiger partial charge in [-0.1, -0.05) is 26.0 Å². The van der Waals surface area contributed by atoms with Crippen LogP contribution >= 0.6 is 0 Å². The molecule has 5 nitrogen and oxygen atoms in total. The van der Waals surface area contributed by atoms with Crippen LogP contribution in [-0.2, 0) is 14.8 Å². The summed E-state index contributed by atoms with van der Waals surface area (Å²) < 4.78 is 27.5. The first-order chi connectivity index (χ1) is 9.72. The van der Waals surface area contributed by atoms with Gasteiger partial charge in [-0.15, -0.1) is 0 Å². The van der Waals surface area contributed by atoms with Crippen molar-refractivity contribution >= 4 is 22.1 Å². The fraction of sp³-hybridized carbons (Fsp3) is 0.400. The summed E-state index contributed by atoms with van der Waals surface area (Å²) in [6, 6.07) is 6.18. The van der Waals surface area contributed by atoms with Crippen molar-refractivity contribution < 1.29 is 18.3 Å². The maximum Gasteiger partial charge on any atom is 0.328 e. The fourth-order valence-electron chi connectivity index (χ4n) is 1.73. The number of sulfonamides is 1. The summed E-state index contributed by atoms with van der Waals surface area (Å²) in [4.78, 5) is 10.6. The third-order valence-corrected chi connectivity index (χ3v) is 5.16. The van der Waals surface area contributed by atoms with Crippen LogP contribution in [0.15, 0.2) is 35.2 Å². The molecule has 1 rings (SSSR count). The molecule has 0 heterocycles. The van der Waals surface area contributed by atoms with Gasteiger partial charge in [0.05, 0.1) is 4.90 Å². The zero-order chi connectivity index (χ0) is 16.1. The van der Waals surface area contributed by atoms with Crippen molar-refractivity contribution in [1.82, 2.24) is 4.72 Å². The van der Waals surface area contributed by atoms with Gasteiger partial charge in [-0.25, -0.2) is 17.9 Å².